The van der Waals surface area contributed by atoms with E-state index in [4.69, 9.17) is 11.6 Å². The first-order chi connectivity index (χ1) is 15.0. The fourth-order valence-electron chi connectivity index (χ4n) is 4.41. The molecule has 0 unspecified atom stereocenters. The van der Waals surface area contributed by atoms with Gasteiger partial charge in [0.25, 0.3) is 11.8 Å². The van der Waals surface area contributed by atoms with Crippen molar-refractivity contribution < 1.29 is 14.4 Å². The number of likely N-dealkylation sites (tertiary alicyclic amines) is 1. The number of amides is 3. The van der Waals surface area contributed by atoms with Gasteiger partial charge in [-0.05, 0) is 42.5 Å². The predicted molar refractivity (Wildman–Crippen MR) is 117 cm³/mol. The third-order valence-corrected chi connectivity index (χ3v) is 6.51. The molecule has 162 valence electrons. The van der Waals surface area contributed by atoms with Crippen LogP contribution in [0, 0.1) is 5.92 Å². The molecule has 0 radical (unpaired) electrons. The molecule has 1 saturated heterocycles. The molecular formula is C23H25ClN4O3. The Morgan fingerprint density at radius 1 is 1.03 bits per heavy atom. The minimum atomic E-state index is -0.156. The van der Waals surface area contributed by atoms with E-state index in [-0.39, 0.29) is 23.6 Å². The molecule has 4 rings (SSSR count). The van der Waals surface area contributed by atoms with Gasteiger partial charge in [0.1, 0.15) is 0 Å². The third kappa shape index (κ3) is 4.28. The van der Waals surface area contributed by atoms with Gasteiger partial charge in [-0.2, -0.15) is 0 Å². The van der Waals surface area contributed by atoms with Crippen molar-refractivity contribution >= 4 is 29.3 Å². The zero-order valence-electron chi connectivity index (χ0n) is 17.4. The Labute approximate surface area is 186 Å². The minimum Gasteiger partial charge on any atom is -0.359 e. The summed E-state index contributed by atoms with van der Waals surface area (Å²) >= 11 is 6.17. The number of hydrogen-bond acceptors (Lipinski definition) is 4. The first kappa shape index (κ1) is 21.3. The Hall–Kier alpha value is -2.93. The van der Waals surface area contributed by atoms with E-state index in [0.29, 0.717) is 61.6 Å². The molecule has 2 aliphatic rings. The first-order valence-corrected chi connectivity index (χ1v) is 10.9. The van der Waals surface area contributed by atoms with Gasteiger partial charge >= 0.3 is 0 Å². The number of hydrogen-bond donors (Lipinski definition) is 1. The van der Waals surface area contributed by atoms with Crippen LogP contribution in [0.2, 0.25) is 5.02 Å². The summed E-state index contributed by atoms with van der Waals surface area (Å²) in [7, 11) is 1.65. The summed E-state index contributed by atoms with van der Waals surface area (Å²) in [5.74, 6) is -0.140. The van der Waals surface area contributed by atoms with Crippen LogP contribution in [0.1, 0.15) is 44.7 Å². The lowest BCUT2D eigenvalue weighted by Crippen LogP contribution is -2.43. The van der Waals surface area contributed by atoms with Crippen LogP contribution in [-0.2, 0) is 17.8 Å². The summed E-state index contributed by atoms with van der Waals surface area (Å²) in [4.78, 5) is 45.6. The van der Waals surface area contributed by atoms with Crippen LogP contribution in [0.3, 0.4) is 0 Å². The zero-order chi connectivity index (χ0) is 22.0. The fourth-order valence-corrected chi connectivity index (χ4v) is 4.59. The van der Waals surface area contributed by atoms with E-state index < -0.39 is 0 Å². The smallest absolute Gasteiger partial charge is 0.257 e. The van der Waals surface area contributed by atoms with Crippen LogP contribution in [-0.4, -0.2) is 59.2 Å². The number of pyridine rings is 1. The highest BCUT2D eigenvalue weighted by Crippen LogP contribution is 2.27. The normalized spacial score (nSPS) is 16.6. The highest BCUT2D eigenvalue weighted by atomic mass is 35.5. The van der Waals surface area contributed by atoms with E-state index in [2.05, 4.69) is 10.3 Å². The van der Waals surface area contributed by atoms with Gasteiger partial charge in [-0.15, -0.1) is 0 Å². The van der Waals surface area contributed by atoms with Crippen molar-refractivity contribution in [2.75, 3.05) is 26.7 Å². The second-order valence-corrected chi connectivity index (χ2v) is 8.36. The zero-order valence-corrected chi connectivity index (χ0v) is 18.2. The molecule has 7 nitrogen and oxygen atoms in total. The molecule has 3 amide bonds. The highest BCUT2D eigenvalue weighted by Gasteiger charge is 2.30. The second-order valence-electron chi connectivity index (χ2n) is 7.96. The summed E-state index contributed by atoms with van der Waals surface area (Å²) in [5, 5.41) is 3.08. The molecule has 1 aromatic heterocycles. The molecule has 0 aliphatic carbocycles. The van der Waals surface area contributed by atoms with Crippen molar-refractivity contribution in [1.82, 2.24) is 20.1 Å². The van der Waals surface area contributed by atoms with Gasteiger partial charge in [-0.1, -0.05) is 23.7 Å². The molecule has 1 fully saturated rings. The largest absolute Gasteiger partial charge is 0.359 e. The van der Waals surface area contributed by atoms with Crippen molar-refractivity contribution in [3.05, 3.63) is 63.9 Å². The Balaban J connectivity index is 1.48. The molecule has 3 heterocycles. The van der Waals surface area contributed by atoms with Gasteiger partial charge in [-0.25, -0.2) is 0 Å². The van der Waals surface area contributed by atoms with Gasteiger partial charge in [0.05, 0.1) is 10.6 Å². The molecule has 0 bridgehead atoms. The lowest BCUT2D eigenvalue weighted by molar-refractivity contribution is -0.125. The molecule has 1 aromatic carbocycles. The number of piperidine rings is 1. The average molecular weight is 441 g/mol. The molecule has 31 heavy (non-hydrogen) atoms. The topological polar surface area (TPSA) is 82.6 Å². The lowest BCUT2D eigenvalue weighted by Gasteiger charge is -2.33. The Morgan fingerprint density at radius 3 is 2.48 bits per heavy atom. The maximum atomic E-state index is 13.2. The van der Waals surface area contributed by atoms with E-state index in [1.165, 1.54) is 6.20 Å². The number of halogens is 1. The molecular weight excluding hydrogens is 416 g/mol. The van der Waals surface area contributed by atoms with E-state index in [1.54, 1.807) is 24.2 Å². The van der Waals surface area contributed by atoms with Gasteiger partial charge in [0.2, 0.25) is 5.91 Å². The molecule has 0 spiro atoms. The summed E-state index contributed by atoms with van der Waals surface area (Å²) in [6, 6.07) is 7.31. The molecule has 2 aromatic rings. The maximum Gasteiger partial charge on any atom is 0.257 e. The van der Waals surface area contributed by atoms with E-state index in [9.17, 15) is 14.4 Å². The molecule has 0 atom stereocenters. The van der Waals surface area contributed by atoms with Crippen molar-refractivity contribution in [2.24, 2.45) is 5.92 Å². The number of benzene rings is 1. The minimum absolute atomic E-state index is 0.00212. The van der Waals surface area contributed by atoms with Crippen molar-refractivity contribution in [1.29, 1.82) is 0 Å². The van der Waals surface area contributed by atoms with Crippen LogP contribution in [0.4, 0.5) is 0 Å². The van der Waals surface area contributed by atoms with Crippen LogP contribution >= 0.6 is 11.6 Å². The summed E-state index contributed by atoms with van der Waals surface area (Å²) in [5.41, 5.74) is 3.06. The van der Waals surface area contributed by atoms with E-state index >= 15 is 0 Å². The van der Waals surface area contributed by atoms with Gasteiger partial charge < -0.3 is 15.1 Å². The third-order valence-electron chi connectivity index (χ3n) is 6.18. The van der Waals surface area contributed by atoms with Crippen molar-refractivity contribution in [2.45, 2.75) is 25.8 Å². The number of aromatic nitrogens is 1. The van der Waals surface area contributed by atoms with Gasteiger partial charge in [-0.3, -0.25) is 19.4 Å². The number of rotatable bonds is 3. The Morgan fingerprint density at radius 2 is 1.77 bits per heavy atom. The monoisotopic (exact) mass is 440 g/mol. The Kier molecular flexibility index (Phi) is 6.23. The number of carbonyl (C=O) groups is 3. The Bertz CT molecular complexity index is 1020. The maximum absolute atomic E-state index is 13.2. The van der Waals surface area contributed by atoms with Gasteiger partial charge in [0, 0.05) is 57.1 Å². The standard InChI is InChI=1S/C23H25ClN4O3/c1-25-21(29)15-6-10-27(11-7-15)22(30)18-4-2-3-16-14-28(12-8-17(16)18)23(31)19-13-26-9-5-20(19)24/h2-5,9,13,15H,6-8,10-12,14H2,1H3,(H,25,29). The quantitative estimate of drug-likeness (QED) is 0.795. The van der Waals surface area contributed by atoms with E-state index in [1.807, 2.05) is 23.1 Å². The second kappa shape index (κ2) is 9.06. The summed E-state index contributed by atoms with van der Waals surface area (Å²) in [6.07, 6.45) is 5.00. The van der Waals surface area contributed by atoms with E-state index in [0.717, 1.165) is 11.1 Å². The molecule has 0 saturated carbocycles. The summed E-state index contributed by atoms with van der Waals surface area (Å²) < 4.78 is 0. The number of fused-ring (bicyclic) bond motifs is 1. The lowest BCUT2D eigenvalue weighted by atomic mass is 9.91. The number of nitrogens with one attached hydrogen (secondary N) is 1. The van der Waals surface area contributed by atoms with Crippen LogP contribution in [0.5, 0.6) is 0 Å². The molecule has 1 N–H and O–H groups in total. The number of nitrogens with zero attached hydrogens (tertiary/aromatic N) is 3. The van der Waals surface area contributed by atoms with Crippen LogP contribution in [0.25, 0.3) is 0 Å². The van der Waals surface area contributed by atoms with Crippen molar-refractivity contribution in [3.63, 3.8) is 0 Å². The first-order valence-electron chi connectivity index (χ1n) is 10.5. The predicted octanol–water partition coefficient (Wildman–Crippen LogP) is 2.53. The van der Waals surface area contributed by atoms with Gasteiger partial charge in [0.15, 0.2) is 0 Å². The molecule has 8 heteroatoms. The van der Waals surface area contributed by atoms with Crippen molar-refractivity contribution in [3.8, 4) is 0 Å². The fraction of sp³-hybridized carbons (Fsp3) is 0.391. The highest BCUT2D eigenvalue weighted by molar-refractivity contribution is 6.33. The SMILES string of the molecule is CNC(=O)C1CCN(C(=O)c2cccc3c2CCN(C(=O)c2cnccc2Cl)C3)CC1. The van der Waals surface area contributed by atoms with Crippen LogP contribution in [0.15, 0.2) is 36.7 Å². The molecule has 2 aliphatic heterocycles. The summed E-state index contributed by atoms with van der Waals surface area (Å²) in [6.45, 7) is 2.09. The number of carbonyl (C=O) groups excluding carboxylic acids is 3. The van der Waals surface area contributed by atoms with Crippen LogP contribution < -0.4 is 5.32 Å². The average Bonchev–Trinajstić information content (AvgIpc) is 2.82.